The van der Waals surface area contributed by atoms with Gasteiger partial charge in [0.15, 0.2) is 0 Å². The Kier molecular flexibility index (Phi) is 3.62. The van der Waals surface area contributed by atoms with Gasteiger partial charge in [-0.1, -0.05) is 6.08 Å². The van der Waals surface area contributed by atoms with Crippen LogP contribution in [0.15, 0.2) is 24.6 Å². The summed E-state index contributed by atoms with van der Waals surface area (Å²) < 4.78 is 0. The maximum absolute atomic E-state index is 8.61. The lowest BCUT2D eigenvalue weighted by molar-refractivity contribution is 0.347. The van der Waals surface area contributed by atoms with Crippen molar-refractivity contribution >= 4 is 0 Å². The lowest BCUT2D eigenvalue weighted by Gasteiger charge is -2.23. The second-order valence-electron chi connectivity index (χ2n) is 2.36. The van der Waals surface area contributed by atoms with E-state index in [1.54, 1.807) is 0 Å². The third-order valence-electron chi connectivity index (χ3n) is 1.70. The van der Waals surface area contributed by atoms with Crippen LogP contribution in [0.5, 0.6) is 0 Å². The molecule has 0 aromatic rings. The molecule has 0 amide bonds. The molecule has 58 valence electrons. The number of hydrogen-bond donors (Lipinski definition) is 1. The number of hydrogen-bond acceptors (Lipinski definition) is 2. The normalized spacial score (nSPS) is 14.5. The van der Waals surface area contributed by atoms with Gasteiger partial charge < -0.3 is 10.0 Å². The summed E-state index contributed by atoms with van der Waals surface area (Å²) in [5.74, 6) is 0. The molecule has 1 atom stereocenters. The van der Waals surface area contributed by atoms with E-state index in [4.69, 9.17) is 5.11 Å². The van der Waals surface area contributed by atoms with Crippen LogP contribution in [-0.2, 0) is 0 Å². The van der Waals surface area contributed by atoms with Crippen LogP contribution in [0.2, 0.25) is 0 Å². The van der Waals surface area contributed by atoms with Crippen molar-refractivity contribution in [3.8, 4) is 0 Å². The second kappa shape index (κ2) is 3.99. The molecule has 1 unspecified atom stereocenters. The summed E-state index contributed by atoms with van der Waals surface area (Å²) in [5, 5.41) is 8.61. The molecule has 0 radical (unpaired) electrons. The molecule has 0 bridgehead atoms. The topological polar surface area (TPSA) is 23.5 Å². The molecule has 0 aliphatic carbocycles. The van der Waals surface area contributed by atoms with E-state index < -0.39 is 0 Å². The van der Waals surface area contributed by atoms with Gasteiger partial charge in [0.25, 0.3) is 0 Å². The molecule has 0 heterocycles. The summed E-state index contributed by atoms with van der Waals surface area (Å²) in [6.45, 7) is 7.51. The fourth-order valence-electron chi connectivity index (χ4n) is 0.570. The first kappa shape index (κ1) is 9.08. The minimum Gasteiger partial charge on any atom is -0.514 e. The summed E-state index contributed by atoms with van der Waals surface area (Å²) in [6.07, 6.45) is 2.92. The Labute approximate surface area is 62.5 Å². The Morgan fingerprint density at radius 1 is 1.70 bits per heavy atom. The van der Waals surface area contributed by atoms with Gasteiger partial charge in [-0.2, -0.15) is 0 Å². The Bertz CT molecular complexity index is 140. The van der Waals surface area contributed by atoms with Crippen molar-refractivity contribution in [2.45, 2.75) is 19.9 Å². The van der Waals surface area contributed by atoms with E-state index in [-0.39, 0.29) is 6.04 Å². The average molecular weight is 141 g/mol. The van der Waals surface area contributed by atoms with Crippen molar-refractivity contribution < 1.29 is 5.11 Å². The fraction of sp³-hybridized carbons (Fsp3) is 0.500. The Hall–Kier alpha value is -0.920. The highest BCUT2D eigenvalue weighted by atomic mass is 16.2. The maximum atomic E-state index is 8.61. The van der Waals surface area contributed by atoms with Crippen LogP contribution >= 0.6 is 0 Å². The minimum absolute atomic E-state index is 0.267. The number of allylic oxidation sites excluding steroid dienone is 1. The van der Waals surface area contributed by atoms with Gasteiger partial charge in [-0.25, -0.2) is 0 Å². The highest BCUT2D eigenvalue weighted by molar-refractivity contribution is 4.97. The second-order valence-corrected chi connectivity index (χ2v) is 2.36. The lowest BCUT2D eigenvalue weighted by Crippen LogP contribution is -2.25. The van der Waals surface area contributed by atoms with Gasteiger partial charge in [0, 0.05) is 18.8 Å². The molecule has 2 heteroatoms. The van der Waals surface area contributed by atoms with Crippen molar-refractivity contribution in [1.29, 1.82) is 0 Å². The molecule has 0 saturated carbocycles. The third kappa shape index (κ3) is 2.13. The molecule has 0 aromatic carbocycles. The van der Waals surface area contributed by atoms with Crippen molar-refractivity contribution in [3.63, 3.8) is 0 Å². The summed E-state index contributed by atoms with van der Waals surface area (Å²) in [6, 6.07) is 0.267. The Morgan fingerprint density at radius 3 is 2.50 bits per heavy atom. The van der Waals surface area contributed by atoms with Gasteiger partial charge in [0.05, 0.1) is 6.26 Å². The Morgan fingerprint density at radius 2 is 2.20 bits per heavy atom. The van der Waals surface area contributed by atoms with Crippen LogP contribution in [0.4, 0.5) is 0 Å². The highest BCUT2D eigenvalue weighted by Gasteiger charge is 2.03. The van der Waals surface area contributed by atoms with Crippen LogP contribution in [0, 0.1) is 0 Å². The molecule has 0 rings (SSSR count). The zero-order chi connectivity index (χ0) is 8.15. The largest absolute Gasteiger partial charge is 0.514 e. The zero-order valence-electron chi connectivity index (χ0n) is 6.83. The van der Waals surface area contributed by atoms with E-state index in [2.05, 4.69) is 6.58 Å². The van der Waals surface area contributed by atoms with Crippen LogP contribution in [0.25, 0.3) is 0 Å². The zero-order valence-corrected chi connectivity index (χ0v) is 6.83. The molecule has 0 saturated heterocycles. The molecule has 1 N–H and O–H groups in total. The third-order valence-corrected chi connectivity index (χ3v) is 1.70. The van der Waals surface area contributed by atoms with Crippen molar-refractivity contribution in [1.82, 2.24) is 4.90 Å². The van der Waals surface area contributed by atoms with E-state index >= 15 is 0 Å². The smallest absolute Gasteiger partial charge is 0.0980 e. The van der Waals surface area contributed by atoms with E-state index in [1.807, 2.05) is 31.9 Å². The number of aliphatic hydroxyl groups is 1. The SMILES string of the molecule is C=CC(C)N(C)/C(C)=C\O. The standard InChI is InChI=1S/C8H15NO/c1-5-7(2)9(4)8(3)6-10/h5-7,10H,1H2,2-4H3/b8-6-. The van der Waals surface area contributed by atoms with Gasteiger partial charge in [0.2, 0.25) is 0 Å². The van der Waals surface area contributed by atoms with Crippen molar-refractivity contribution in [3.05, 3.63) is 24.6 Å². The fourth-order valence-corrected chi connectivity index (χ4v) is 0.570. The van der Waals surface area contributed by atoms with Gasteiger partial charge in [-0.15, -0.1) is 6.58 Å². The first-order valence-electron chi connectivity index (χ1n) is 3.29. The van der Waals surface area contributed by atoms with Crippen LogP contribution in [-0.4, -0.2) is 23.1 Å². The minimum atomic E-state index is 0.267. The summed E-state index contributed by atoms with van der Waals surface area (Å²) in [7, 11) is 1.91. The summed E-state index contributed by atoms with van der Waals surface area (Å²) in [5.41, 5.74) is 0.840. The van der Waals surface area contributed by atoms with E-state index in [9.17, 15) is 0 Å². The molecule has 10 heavy (non-hydrogen) atoms. The quantitative estimate of drug-likeness (QED) is 0.479. The first-order valence-corrected chi connectivity index (χ1v) is 3.29. The lowest BCUT2D eigenvalue weighted by atomic mass is 10.3. The molecule has 0 spiro atoms. The average Bonchev–Trinajstić information content (AvgIpc) is 2.00. The number of nitrogens with zero attached hydrogens (tertiary/aromatic N) is 1. The molecule has 0 fully saturated rings. The number of likely N-dealkylation sites (N-methyl/N-ethyl adjacent to an activating group) is 1. The van der Waals surface area contributed by atoms with Crippen LogP contribution in [0.1, 0.15) is 13.8 Å². The predicted octanol–water partition coefficient (Wildman–Crippen LogP) is 1.91. The first-order chi connectivity index (χ1) is 4.63. The Balaban J connectivity index is 4.06. The van der Waals surface area contributed by atoms with Gasteiger partial charge >= 0.3 is 0 Å². The molecule has 0 aliphatic rings. The molecule has 0 aromatic heterocycles. The number of rotatable bonds is 3. The summed E-state index contributed by atoms with van der Waals surface area (Å²) in [4.78, 5) is 1.94. The molecule has 2 nitrogen and oxygen atoms in total. The van der Waals surface area contributed by atoms with Crippen LogP contribution in [0.3, 0.4) is 0 Å². The van der Waals surface area contributed by atoms with E-state index in [0.717, 1.165) is 12.0 Å². The number of aliphatic hydroxyl groups excluding tert-OH is 1. The summed E-state index contributed by atoms with van der Waals surface area (Å²) >= 11 is 0. The molecular formula is C8H15NO. The van der Waals surface area contributed by atoms with Gasteiger partial charge in [-0.3, -0.25) is 0 Å². The maximum Gasteiger partial charge on any atom is 0.0980 e. The highest BCUT2D eigenvalue weighted by Crippen LogP contribution is 2.04. The monoisotopic (exact) mass is 141 g/mol. The molecular weight excluding hydrogens is 126 g/mol. The van der Waals surface area contributed by atoms with E-state index in [1.165, 1.54) is 0 Å². The van der Waals surface area contributed by atoms with Crippen molar-refractivity contribution in [2.24, 2.45) is 0 Å². The van der Waals surface area contributed by atoms with Crippen LogP contribution < -0.4 is 0 Å². The van der Waals surface area contributed by atoms with E-state index in [0.29, 0.717) is 0 Å². The molecule has 0 aliphatic heterocycles. The van der Waals surface area contributed by atoms with Gasteiger partial charge in [-0.05, 0) is 13.8 Å². The van der Waals surface area contributed by atoms with Gasteiger partial charge in [0.1, 0.15) is 0 Å². The predicted molar refractivity (Wildman–Crippen MR) is 43.8 cm³/mol. The van der Waals surface area contributed by atoms with Crippen molar-refractivity contribution in [2.75, 3.05) is 7.05 Å².